The number of nitrogens with one attached hydrogen (secondary N) is 1. The van der Waals surface area contributed by atoms with E-state index in [1.54, 1.807) is 0 Å². The maximum atomic E-state index is 12.1. The van der Waals surface area contributed by atoms with Crippen LogP contribution >= 0.6 is 0 Å². The number of amides is 1. The number of hydrogen-bond donors (Lipinski definition) is 1. The van der Waals surface area contributed by atoms with E-state index in [2.05, 4.69) is 5.32 Å². The van der Waals surface area contributed by atoms with Crippen LogP contribution in [0.2, 0.25) is 0 Å². The first-order valence-electron chi connectivity index (χ1n) is 5.62. The van der Waals surface area contributed by atoms with Gasteiger partial charge >= 0.3 is 0 Å². The van der Waals surface area contributed by atoms with Gasteiger partial charge in [-0.2, -0.15) is 0 Å². The summed E-state index contributed by atoms with van der Waals surface area (Å²) in [5.41, 5.74) is -0.274. The molecule has 1 atom stereocenters. The monoisotopic (exact) mass is 196 g/mol. The van der Waals surface area contributed by atoms with Crippen LogP contribution in [0.25, 0.3) is 0 Å². The smallest absolute Gasteiger partial charge is 0.242 e. The molecule has 2 aliphatic rings. The molecule has 1 N–H and O–H groups in total. The summed E-state index contributed by atoms with van der Waals surface area (Å²) in [5.74, 6) is 1.07. The Balaban J connectivity index is 1.91. The van der Waals surface area contributed by atoms with Gasteiger partial charge in [-0.15, -0.1) is 0 Å². The van der Waals surface area contributed by atoms with Gasteiger partial charge in [-0.1, -0.05) is 0 Å². The molecular formula is C11H20N2O. The van der Waals surface area contributed by atoms with Crippen molar-refractivity contribution in [2.24, 2.45) is 5.92 Å². The molecule has 14 heavy (non-hydrogen) atoms. The molecule has 1 aliphatic heterocycles. The summed E-state index contributed by atoms with van der Waals surface area (Å²) in [6.07, 6.45) is 4.73. The average Bonchev–Trinajstić information content (AvgIpc) is 2.85. The predicted octanol–water partition coefficient (Wildman–Crippen LogP) is 0.997. The number of nitrogens with zero attached hydrogens (tertiary/aromatic N) is 1. The van der Waals surface area contributed by atoms with Gasteiger partial charge in [-0.25, -0.2) is 0 Å². The van der Waals surface area contributed by atoms with Gasteiger partial charge in [-0.3, -0.25) is 4.79 Å². The Morgan fingerprint density at radius 1 is 1.57 bits per heavy atom. The maximum Gasteiger partial charge on any atom is 0.242 e. The molecule has 1 unspecified atom stereocenters. The molecule has 0 aromatic carbocycles. The van der Waals surface area contributed by atoms with E-state index in [1.165, 1.54) is 12.8 Å². The topological polar surface area (TPSA) is 32.3 Å². The van der Waals surface area contributed by atoms with Gasteiger partial charge in [0.25, 0.3) is 0 Å². The lowest BCUT2D eigenvalue weighted by molar-refractivity contribution is -0.136. The fraction of sp³-hybridized carbons (Fsp3) is 0.909. The third-order valence-electron chi connectivity index (χ3n) is 3.42. The van der Waals surface area contributed by atoms with E-state index in [-0.39, 0.29) is 11.4 Å². The van der Waals surface area contributed by atoms with Crippen molar-refractivity contribution in [3.05, 3.63) is 0 Å². The van der Waals surface area contributed by atoms with Crippen LogP contribution < -0.4 is 5.32 Å². The van der Waals surface area contributed by atoms with Gasteiger partial charge in [-0.05, 0) is 45.1 Å². The molecule has 1 heterocycles. The van der Waals surface area contributed by atoms with Crippen molar-refractivity contribution < 1.29 is 4.79 Å². The van der Waals surface area contributed by atoms with Crippen molar-refractivity contribution in [2.75, 3.05) is 20.1 Å². The molecule has 1 saturated heterocycles. The van der Waals surface area contributed by atoms with Crippen molar-refractivity contribution in [1.82, 2.24) is 10.2 Å². The quantitative estimate of drug-likeness (QED) is 0.730. The zero-order valence-electron chi connectivity index (χ0n) is 9.18. The van der Waals surface area contributed by atoms with Crippen molar-refractivity contribution >= 4 is 5.91 Å². The first-order valence-corrected chi connectivity index (χ1v) is 5.62. The van der Waals surface area contributed by atoms with Crippen molar-refractivity contribution in [1.29, 1.82) is 0 Å². The number of carbonyl (C=O) groups excluding carboxylic acids is 1. The molecule has 80 valence electrons. The number of hydrogen-bond acceptors (Lipinski definition) is 2. The Bertz CT molecular complexity index is 229. The molecule has 0 spiro atoms. The lowest BCUT2D eigenvalue weighted by Gasteiger charge is -2.29. The van der Waals surface area contributed by atoms with Gasteiger partial charge in [0.2, 0.25) is 5.91 Å². The SMILES string of the molecule is CN(CC1CC1)C(=O)C1(C)CCCN1. The predicted molar refractivity (Wildman–Crippen MR) is 56.0 cm³/mol. The highest BCUT2D eigenvalue weighted by Crippen LogP contribution is 2.30. The minimum atomic E-state index is -0.274. The first-order chi connectivity index (χ1) is 6.62. The van der Waals surface area contributed by atoms with Crippen molar-refractivity contribution in [2.45, 2.75) is 38.1 Å². The third-order valence-corrected chi connectivity index (χ3v) is 3.42. The third kappa shape index (κ3) is 1.92. The first kappa shape index (κ1) is 9.97. The van der Waals surface area contributed by atoms with Crippen molar-refractivity contribution in [3.8, 4) is 0 Å². The largest absolute Gasteiger partial charge is 0.344 e. The van der Waals surface area contributed by atoms with E-state index in [4.69, 9.17) is 0 Å². The summed E-state index contributed by atoms with van der Waals surface area (Å²) in [7, 11) is 1.94. The standard InChI is InChI=1S/C11H20N2O/c1-11(6-3-7-12-11)10(14)13(2)8-9-4-5-9/h9,12H,3-8H2,1-2H3. The molecular weight excluding hydrogens is 176 g/mol. The number of carbonyl (C=O) groups is 1. The highest BCUT2D eigenvalue weighted by atomic mass is 16.2. The van der Waals surface area contributed by atoms with Crippen LogP contribution in [-0.2, 0) is 4.79 Å². The normalized spacial score (nSPS) is 31.9. The molecule has 0 radical (unpaired) electrons. The molecule has 3 nitrogen and oxygen atoms in total. The second-order valence-corrected chi connectivity index (χ2v) is 4.99. The van der Waals surface area contributed by atoms with Crippen LogP contribution in [0.4, 0.5) is 0 Å². The lowest BCUT2D eigenvalue weighted by atomic mass is 9.98. The van der Waals surface area contributed by atoms with Gasteiger partial charge in [0, 0.05) is 13.6 Å². The van der Waals surface area contributed by atoms with Gasteiger partial charge in [0.15, 0.2) is 0 Å². The molecule has 0 aromatic heterocycles. The number of rotatable bonds is 3. The van der Waals surface area contributed by atoms with Crippen LogP contribution in [-0.4, -0.2) is 36.5 Å². The Morgan fingerprint density at radius 2 is 2.29 bits per heavy atom. The van der Waals surface area contributed by atoms with Crippen LogP contribution in [0.5, 0.6) is 0 Å². The molecule has 1 aliphatic carbocycles. The van der Waals surface area contributed by atoms with E-state index < -0.39 is 0 Å². The average molecular weight is 196 g/mol. The van der Waals surface area contributed by atoms with Gasteiger partial charge in [0.1, 0.15) is 0 Å². The van der Waals surface area contributed by atoms with Crippen LogP contribution in [0.3, 0.4) is 0 Å². The highest BCUT2D eigenvalue weighted by Gasteiger charge is 2.38. The van der Waals surface area contributed by atoms with E-state index in [9.17, 15) is 4.79 Å². The lowest BCUT2D eigenvalue weighted by Crippen LogP contribution is -2.52. The summed E-state index contributed by atoms with van der Waals surface area (Å²) in [4.78, 5) is 14.0. The summed E-state index contributed by atoms with van der Waals surface area (Å²) in [5, 5.41) is 3.32. The maximum absolute atomic E-state index is 12.1. The van der Waals surface area contributed by atoms with E-state index in [1.807, 2.05) is 18.9 Å². The summed E-state index contributed by atoms with van der Waals surface area (Å²) < 4.78 is 0. The van der Waals surface area contributed by atoms with Crippen molar-refractivity contribution in [3.63, 3.8) is 0 Å². The minimum absolute atomic E-state index is 0.274. The molecule has 0 aromatic rings. The Labute approximate surface area is 85.8 Å². The van der Waals surface area contributed by atoms with E-state index in [0.29, 0.717) is 0 Å². The zero-order valence-corrected chi connectivity index (χ0v) is 9.18. The Hall–Kier alpha value is -0.570. The summed E-state index contributed by atoms with van der Waals surface area (Å²) in [6.45, 7) is 3.97. The fourth-order valence-electron chi connectivity index (χ4n) is 2.27. The number of likely N-dealkylation sites (N-methyl/N-ethyl adjacent to an activating group) is 1. The fourth-order valence-corrected chi connectivity index (χ4v) is 2.27. The highest BCUT2D eigenvalue weighted by molar-refractivity contribution is 5.86. The Morgan fingerprint density at radius 3 is 2.79 bits per heavy atom. The molecule has 0 bridgehead atoms. The van der Waals surface area contributed by atoms with Gasteiger partial charge < -0.3 is 10.2 Å². The molecule has 1 saturated carbocycles. The minimum Gasteiger partial charge on any atom is -0.344 e. The molecule has 3 heteroatoms. The molecule has 2 rings (SSSR count). The second kappa shape index (κ2) is 3.54. The van der Waals surface area contributed by atoms with E-state index >= 15 is 0 Å². The molecule has 1 amide bonds. The summed E-state index contributed by atoms with van der Waals surface area (Å²) in [6, 6.07) is 0. The van der Waals surface area contributed by atoms with E-state index in [0.717, 1.165) is 31.8 Å². The zero-order chi connectivity index (χ0) is 10.2. The Kier molecular flexibility index (Phi) is 2.52. The summed E-state index contributed by atoms with van der Waals surface area (Å²) >= 11 is 0. The van der Waals surface area contributed by atoms with Crippen LogP contribution in [0.15, 0.2) is 0 Å². The second-order valence-electron chi connectivity index (χ2n) is 4.99. The van der Waals surface area contributed by atoms with Crippen LogP contribution in [0, 0.1) is 5.92 Å². The molecule has 2 fully saturated rings. The van der Waals surface area contributed by atoms with Crippen LogP contribution in [0.1, 0.15) is 32.6 Å². The van der Waals surface area contributed by atoms with Gasteiger partial charge in [0.05, 0.1) is 5.54 Å².